The van der Waals surface area contributed by atoms with Crippen molar-refractivity contribution in [2.24, 2.45) is 0 Å². The van der Waals surface area contributed by atoms with Gasteiger partial charge >= 0.3 is 5.69 Å². The van der Waals surface area contributed by atoms with E-state index in [-0.39, 0.29) is 5.69 Å². The molecular formula is C12H13BrN2OS. The summed E-state index contributed by atoms with van der Waals surface area (Å²) in [7, 11) is 0. The number of rotatable bonds is 1. The summed E-state index contributed by atoms with van der Waals surface area (Å²) in [5.41, 5.74) is 1.95. The van der Waals surface area contributed by atoms with Gasteiger partial charge in [-0.3, -0.25) is 4.57 Å². The molecule has 0 aliphatic carbocycles. The van der Waals surface area contributed by atoms with Crippen molar-refractivity contribution in [2.75, 3.05) is 11.5 Å². The Balaban J connectivity index is 2.20. The van der Waals surface area contributed by atoms with Crippen LogP contribution in [0.15, 0.2) is 27.5 Å². The van der Waals surface area contributed by atoms with Gasteiger partial charge in [0.1, 0.15) is 0 Å². The highest BCUT2D eigenvalue weighted by Crippen LogP contribution is 2.30. The van der Waals surface area contributed by atoms with Crippen molar-refractivity contribution in [2.45, 2.75) is 18.9 Å². The smallest absolute Gasteiger partial charge is 0.305 e. The van der Waals surface area contributed by atoms with Gasteiger partial charge in [-0.25, -0.2) is 4.79 Å². The van der Waals surface area contributed by atoms with Crippen LogP contribution in [0.2, 0.25) is 0 Å². The number of thioether (sulfide) groups is 1. The molecule has 1 aliphatic rings. The van der Waals surface area contributed by atoms with Crippen molar-refractivity contribution in [3.8, 4) is 0 Å². The Hall–Kier alpha value is -0.680. The van der Waals surface area contributed by atoms with Gasteiger partial charge in [0.05, 0.1) is 11.0 Å². The summed E-state index contributed by atoms with van der Waals surface area (Å²) in [6, 6.07) is 6.24. The molecule has 5 heteroatoms. The highest BCUT2D eigenvalue weighted by molar-refractivity contribution is 9.10. The lowest BCUT2D eigenvalue weighted by atomic mass is 10.1. The summed E-state index contributed by atoms with van der Waals surface area (Å²) in [6.07, 6.45) is 2.16. The Morgan fingerprint density at radius 2 is 2.12 bits per heavy atom. The Bertz CT molecular complexity index is 598. The Kier molecular flexibility index (Phi) is 3.04. The second-order valence-electron chi connectivity index (χ2n) is 4.28. The number of para-hydroxylation sites is 1. The van der Waals surface area contributed by atoms with E-state index in [1.165, 1.54) is 0 Å². The molecular weight excluding hydrogens is 300 g/mol. The number of imidazole rings is 1. The van der Waals surface area contributed by atoms with Crippen LogP contribution in [0.3, 0.4) is 0 Å². The fourth-order valence-electron chi connectivity index (χ4n) is 2.43. The van der Waals surface area contributed by atoms with Gasteiger partial charge in [0, 0.05) is 10.5 Å². The number of benzene rings is 1. The summed E-state index contributed by atoms with van der Waals surface area (Å²) < 4.78 is 2.92. The summed E-state index contributed by atoms with van der Waals surface area (Å²) in [5.74, 6) is 2.29. The zero-order valence-corrected chi connectivity index (χ0v) is 11.7. The minimum Gasteiger partial charge on any atom is -0.305 e. The first-order valence-electron chi connectivity index (χ1n) is 5.74. The molecule has 0 unspecified atom stereocenters. The number of nitrogens with one attached hydrogen (secondary N) is 1. The number of fused-ring (bicyclic) bond motifs is 1. The zero-order chi connectivity index (χ0) is 11.8. The van der Waals surface area contributed by atoms with Gasteiger partial charge in [0.15, 0.2) is 0 Å². The molecule has 2 aromatic rings. The number of aromatic nitrogens is 2. The van der Waals surface area contributed by atoms with Gasteiger partial charge in [-0.05, 0) is 52.4 Å². The van der Waals surface area contributed by atoms with Gasteiger partial charge in [-0.2, -0.15) is 11.8 Å². The lowest BCUT2D eigenvalue weighted by Gasteiger charge is -2.22. The topological polar surface area (TPSA) is 37.8 Å². The molecule has 1 aliphatic heterocycles. The Labute approximate surface area is 112 Å². The monoisotopic (exact) mass is 312 g/mol. The van der Waals surface area contributed by atoms with E-state index in [2.05, 4.69) is 20.9 Å². The predicted octanol–water partition coefficient (Wildman–Crippen LogP) is 3.16. The normalized spacial score (nSPS) is 17.7. The molecule has 3 nitrogen and oxygen atoms in total. The molecule has 0 bridgehead atoms. The van der Waals surface area contributed by atoms with Gasteiger partial charge < -0.3 is 4.98 Å². The minimum atomic E-state index is 0.0174. The van der Waals surface area contributed by atoms with Gasteiger partial charge in [-0.15, -0.1) is 0 Å². The first-order valence-corrected chi connectivity index (χ1v) is 7.68. The standard InChI is InChI=1S/C12H13BrN2OS/c13-9-2-1-3-10-11(9)15(12(16)14-10)8-4-6-17-7-5-8/h1-3,8H,4-7H2,(H,14,16). The van der Waals surface area contributed by atoms with Crippen LogP contribution in [0.5, 0.6) is 0 Å². The average Bonchev–Trinajstić information content (AvgIpc) is 2.68. The minimum absolute atomic E-state index is 0.0174. The lowest BCUT2D eigenvalue weighted by molar-refractivity contribution is 0.469. The van der Waals surface area contributed by atoms with Crippen LogP contribution >= 0.6 is 27.7 Å². The third-order valence-electron chi connectivity index (χ3n) is 3.24. The molecule has 1 N–H and O–H groups in total. The zero-order valence-electron chi connectivity index (χ0n) is 9.28. The molecule has 0 saturated carbocycles. The van der Waals surface area contributed by atoms with E-state index < -0.39 is 0 Å². The number of aromatic amines is 1. The van der Waals surface area contributed by atoms with Gasteiger partial charge in [-0.1, -0.05) is 6.07 Å². The quantitative estimate of drug-likeness (QED) is 0.878. The van der Waals surface area contributed by atoms with Gasteiger partial charge in [0.2, 0.25) is 0 Å². The molecule has 1 fully saturated rings. The van der Waals surface area contributed by atoms with Crippen LogP contribution in [0.4, 0.5) is 0 Å². The third kappa shape index (κ3) is 1.95. The van der Waals surface area contributed by atoms with E-state index in [9.17, 15) is 4.79 Å². The van der Waals surface area contributed by atoms with Crippen molar-refractivity contribution in [1.82, 2.24) is 9.55 Å². The fourth-order valence-corrected chi connectivity index (χ4v) is 4.07. The Morgan fingerprint density at radius 3 is 2.88 bits per heavy atom. The fraction of sp³-hybridized carbons (Fsp3) is 0.417. The largest absolute Gasteiger partial charge is 0.326 e. The van der Waals surface area contributed by atoms with E-state index in [1.807, 2.05) is 34.5 Å². The summed E-state index contributed by atoms with van der Waals surface area (Å²) in [5, 5.41) is 0. The van der Waals surface area contributed by atoms with E-state index in [0.29, 0.717) is 6.04 Å². The average molecular weight is 313 g/mol. The van der Waals surface area contributed by atoms with Crippen LogP contribution in [0, 0.1) is 0 Å². The molecule has 2 heterocycles. The van der Waals surface area contributed by atoms with Gasteiger partial charge in [0.25, 0.3) is 0 Å². The second kappa shape index (κ2) is 4.53. The highest BCUT2D eigenvalue weighted by Gasteiger charge is 2.20. The van der Waals surface area contributed by atoms with Crippen molar-refractivity contribution in [3.63, 3.8) is 0 Å². The molecule has 90 valence electrons. The first-order chi connectivity index (χ1) is 8.27. The van der Waals surface area contributed by atoms with Crippen molar-refractivity contribution in [3.05, 3.63) is 33.2 Å². The van der Waals surface area contributed by atoms with Crippen LogP contribution in [-0.2, 0) is 0 Å². The summed E-state index contributed by atoms with van der Waals surface area (Å²) in [6.45, 7) is 0. The third-order valence-corrected chi connectivity index (χ3v) is 4.93. The Morgan fingerprint density at radius 1 is 1.35 bits per heavy atom. The van der Waals surface area contributed by atoms with Crippen molar-refractivity contribution >= 4 is 38.7 Å². The molecule has 3 rings (SSSR count). The maximum Gasteiger partial charge on any atom is 0.326 e. The van der Waals surface area contributed by atoms with Crippen LogP contribution < -0.4 is 5.69 Å². The number of hydrogen-bond acceptors (Lipinski definition) is 2. The molecule has 0 radical (unpaired) electrons. The highest BCUT2D eigenvalue weighted by atomic mass is 79.9. The van der Waals surface area contributed by atoms with E-state index in [1.54, 1.807) is 0 Å². The van der Waals surface area contributed by atoms with Crippen LogP contribution in [-0.4, -0.2) is 21.1 Å². The molecule has 0 atom stereocenters. The van der Waals surface area contributed by atoms with E-state index in [0.717, 1.165) is 39.9 Å². The van der Waals surface area contributed by atoms with Crippen LogP contribution in [0.1, 0.15) is 18.9 Å². The van der Waals surface area contributed by atoms with Crippen molar-refractivity contribution in [1.29, 1.82) is 0 Å². The van der Waals surface area contributed by atoms with E-state index >= 15 is 0 Å². The maximum absolute atomic E-state index is 12.1. The van der Waals surface area contributed by atoms with E-state index in [4.69, 9.17) is 0 Å². The van der Waals surface area contributed by atoms with Crippen molar-refractivity contribution < 1.29 is 0 Å². The SMILES string of the molecule is O=c1[nH]c2cccc(Br)c2n1C1CCSCC1. The number of halogens is 1. The molecule has 17 heavy (non-hydrogen) atoms. The number of H-pyrrole nitrogens is 1. The maximum atomic E-state index is 12.1. The summed E-state index contributed by atoms with van der Waals surface area (Å²) >= 11 is 5.52. The summed E-state index contributed by atoms with van der Waals surface area (Å²) in [4.78, 5) is 15.0. The first kappa shape index (κ1) is 11.4. The molecule has 1 aromatic heterocycles. The molecule has 1 aromatic carbocycles. The lowest BCUT2D eigenvalue weighted by Crippen LogP contribution is -2.25. The number of nitrogens with zero attached hydrogens (tertiary/aromatic N) is 1. The van der Waals surface area contributed by atoms with Crippen LogP contribution in [0.25, 0.3) is 11.0 Å². The second-order valence-corrected chi connectivity index (χ2v) is 6.36. The molecule has 0 spiro atoms. The predicted molar refractivity (Wildman–Crippen MR) is 75.9 cm³/mol. The molecule has 0 amide bonds. The number of hydrogen-bond donors (Lipinski definition) is 1. The molecule has 1 saturated heterocycles.